The summed E-state index contributed by atoms with van der Waals surface area (Å²) < 4.78 is 104. The van der Waals surface area contributed by atoms with Crippen LogP contribution in [0.5, 0.6) is 5.75 Å². The number of halogens is 6. The summed E-state index contributed by atoms with van der Waals surface area (Å²) in [4.78, 5) is 25.5. The number of carbonyl (C=O) groups is 2. The molecule has 15 heteroatoms. The highest BCUT2D eigenvalue weighted by Gasteiger charge is 2.56. The molecule has 1 aliphatic heterocycles. The number of allylic oxidation sites excluding steroid dienone is 3. The maximum absolute atomic E-state index is 13.3. The fourth-order valence-electron chi connectivity index (χ4n) is 3.61. The van der Waals surface area contributed by atoms with Gasteiger partial charge in [-0.25, -0.2) is 13.2 Å². The van der Waals surface area contributed by atoms with Crippen molar-refractivity contribution in [2.45, 2.75) is 33.1 Å². The number of ether oxygens (including phenoxy) is 1. The highest BCUT2D eigenvalue weighted by Crippen LogP contribution is 2.46. The summed E-state index contributed by atoms with van der Waals surface area (Å²) in [5.74, 6) is -1.49. The van der Waals surface area contributed by atoms with Gasteiger partial charge in [0.05, 0.1) is 36.5 Å². The van der Waals surface area contributed by atoms with E-state index in [9.17, 15) is 41.0 Å². The number of methoxy groups -OCH3 is 1. The number of rotatable bonds is 3. The Morgan fingerprint density at radius 2 is 1.68 bits per heavy atom. The lowest BCUT2D eigenvalue weighted by molar-refractivity contribution is -0.255. The number of hydrogen-bond donors (Lipinski definition) is 0. The van der Waals surface area contributed by atoms with E-state index in [2.05, 4.69) is 6.08 Å². The quantitative estimate of drug-likeness (QED) is 0.179. The molecule has 1 aliphatic carbocycles. The van der Waals surface area contributed by atoms with Crippen molar-refractivity contribution < 1.29 is 58.7 Å². The van der Waals surface area contributed by atoms with Crippen molar-refractivity contribution in [2.75, 3.05) is 7.11 Å². The molecule has 38 heavy (non-hydrogen) atoms. The molecule has 0 bridgehead atoms. The van der Waals surface area contributed by atoms with E-state index in [1.165, 1.54) is 25.3 Å². The first-order chi connectivity index (χ1) is 17.5. The summed E-state index contributed by atoms with van der Waals surface area (Å²) in [6, 6.07) is 10.9. The third kappa shape index (κ3) is 5.85. The zero-order valence-electron chi connectivity index (χ0n) is 18.8. The van der Waals surface area contributed by atoms with E-state index in [4.69, 9.17) is 17.7 Å². The number of Topliss-reactive ketones (excluding diaryl/α,β-unsaturated/α-hetero) is 1. The molecule has 2 aromatic carbocycles. The van der Waals surface area contributed by atoms with Gasteiger partial charge in [0.2, 0.25) is 21.3 Å². The molecule has 0 N–H and O–H groups in total. The fourth-order valence-corrected chi connectivity index (χ4v) is 6.40. The molecule has 7 nitrogen and oxygen atoms in total. The second kappa shape index (κ2) is 10.4. The van der Waals surface area contributed by atoms with E-state index in [0.29, 0.717) is 15.5 Å². The van der Waals surface area contributed by atoms with Gasteiger partial charge in [-0.2, -0.15) is 26.3 Å². The number of aromatic carboxylic acids is 1. The SMILES string of the molecule is COc1ccc(C(=O)[O-])cc1[S+]1c2ccccc2C(=O)C2=[C+]C(C(F)(F)F)=CCC21.O=S(=O)([O-])C(F)(F)F. The van der Waals surface area contributed by atoms with Crippen molar-refractivity contribution in [3.63, 3.8) is 0 Å². The Labute approximate surface area is 214 Å². The number of carbonyl (C=O) groups excluding carboxylic acids is 2. The molecular formula is C23H14F6O7S2. The molecule has 2 atom stereocenters. The van der Waals surface area contributed by atoms with Crippen LogP contribution in [0.25, 0.3) is 0 Å². The fraction of sp³-hybridized carbons (Fsp3) is 0.217. The standard InChI is InChI=1S/C22H14F3O4S.CHF3O3S/c1-29-16-8-6-12(21(27)28)10-19(16)30-17-5-3-2-4-14(17)20(26)15-11-13(22(23,24)25)7-9-18(15)30;2-1(3,4)8(5,6)7/h2-8,10,18H,9H2,1H3;(H,5,6,7)/q+1;/p-1. The van der Waals surface area contributed by atoms with Crippen LogP contribution in [-0.2, 0) is 21.0 Å². The van der Waals surface area contributed by atoms with Crippen LogP contribution >= 0.6 is 0 Å². The lowest BCUT2D eigenvalue weighted by atomic mass is 9.91. The van der Waals surface area contributed by atoms with Gasteiger partial charge in [-0.1, -0.05) is 12.1 Å². The van der Waals surface area contributed by atoms with Crippen molar-refractivity contribution >= 4 is 32.8 Å². The molecule has 2 aliphatic rings. The van der Waals surface area contributed by atoms with Gasteiger partial charge in [0.1, 0.15) is 5.56 Å². The Morgan fingerprint density at radius 3 is 2.21 bits per heavy atom. The Hall–Kier alpha value is -3.39. The zero-order valence-corrected chi connectivity index (χ0v) is 20.5. The largest absolute Gasteiger partial charge is 0.741 e. The van der Waals surface area contributed by atoms with E-state index in [-0.39, 0.29) is 23.1 Å². The summed E-state index contributed by atoms with van der Waals surface area (Å²) in [5.41, 5.74) is -6.46. The van der Waals surface area contributed by atoms with E-state index in [1.54, 1.807) is 24.3 Å². The van der Waals surface area contributed by atoms with E-state index >= 15 is 0 Å². The summed E-state index contributed by atoms with van der Waals surface area (Å²) in [7, 11) is -5.61. The molecule has 0 spiro atoms. The van der Waals surface area contributed by atoms with Crippen molar-refractivity contribution in [3.8, 4) is 5.75 Å². The van der Waals surface area contributed by atoms with Crippen LogP contribution in [0.1, 0.15) is 27.1 Å². The lowest BCUT2D eigenvalue weighted by Crippen LogP contribution is -2.37. The topological polar surface area (TPSA) is 124 Å². The van der Waals surface area contributed by atoms with Gasteiger partial charge in [-0.3, -0.25) is 0 Å². The molecule has 0 amide bonds. The Morgan fingerprint density at radius 1 is 1.08 bits per heavy atom. The number of fused-ring (bicyclic) bond motifs is 2. The molecule has 4 rings (SSSR count). The maximum Gasteiger partial charge on any atom is 0.485 e. The number of carboxylic acid groups (broad SMARTS) is 1. The Kier molecular flexibility index (Phi) is 7.99. The number of carboxylic acids is 1. The summed E-state index contributed by atoms with van der Waals surface area (Å²) in [5, 5.41) is 10.8. The predicted molar refractivity (Wildman–Crippen MR) is 117 cm³/mol. The molecule has 0 aromatic heterocycles. The van der Waals surface area contributed by atoms with Crippen LogP contribution in [0.15, 0.2) is 69.5 Å². The minimum atomic E-state index is -6.09. The lowest BCUT2D eigenvalue weighted by Gasteiger charge is -2.24. The molecule has 0 saturated carbocycles. The van der Waals surface area contributed by atoms with Crippen molar-refractivity contribution in [2.24, 2.45) is 0 Å². The van der Waals surface area contributed by atoms with Crippen molar-refractivity contribution in [1.82, 2.24) is 0 Å². The van der Waals surface area contributed by atoms with E-state index in [1.807, 2.05) is 0 Å². The van der Waals surface area contributed by atoms with Crippen LogP contribution < -0.4 is 9.84 Å². The number of benzene rings is 2. The molecular weight excluding hydrogens is 566 g/mol. The van der Waals surface area contributed by atoms with Crippen molar-refractivity contribution in [1.29, 1.82) is 0 Å². The molecule has 202 valence electrons. The summed E-state index contributed by atoms with van der Waals surface area (Å²) in [6.45, 7) is 0. The number of hydrogen-bond acceptors (Lipinski definition) is 7. The first-order valence-electron chi connectivity index (χ1n) is 10.2. The second-order valence-electron chi connectivity index (χ2n) is 7.59. The van der Waals surface area contributed by atoms with Gasteiger partial charge in [-0.05, 0) is 24.3 Å². The smallest absolute Gasteiger partial charge is 0.485 e. The van der Waals surface area contributed by atoms with E-state index in [0.717, 1.165) is 6.08 Å². The third-order valence-electron chi connectivity index (χ3n) is 5.25. The van der Waals surface area contributed by atoms with Gasteiger partial charge in [0.25, 0.3) is 0 Å². The van der Waals surface area contributed by atoms with Gasteiger partial charge >= 0.3 is 17.5 Å². The van der Waals surface area contributed by atoms with Gasteiger partial charge in [-0.15, -0.1) is 0 Å². The average Bonchev–Trinajstić information content (AvgIpc) is 2.82. The maximum atomic E-state index is 13.3. The molecule has 2 unspecified atom stereocenters. The van der Waals surface area contributed by atoms with Crippen LogP contribution in [0.2, 0.25) is 0 Å². The minimum Gasteiger partial charge on any atom is -0.741 e. The highest BCUT2D eigenvalue weighted by molar-refractivity contribution is 7.98. The van der Waals surface area contributed by atoms with Crippen LogP contribution in [0.3, 0.4) is 0 Å². The number of ketones is 1. The van der Waals surface area contributed by atoms with Crippen LogP contribution in [-0.4, -0.2) is 48.8 Å². The van der Waals surface area contributed by atoms with Gasteiger partial charge in [0.15, 0.2) is 20.8 Å². The second-order valence-corrected chi connectivity index (χ2v) is 11.1. The molecule has 2 aromatic rings. The molecule has 1 heterocycles. The number of alkyl halides is 6. The van der Waals surface area contributed by atoms with Crippen LogP contribution in [0, 0.1) is 6.08 Å². The predicted octanol–water partition coefficient (Wildman–Crippen LogP) is 3.33. The third-order valence-corrected chi connectivity index (χ3v) is 8.44. The van der Waals surface area contributed by atoms with Crippen LogP contribution in [0.4, 0.5) is 26.3 Å². The molecule has 0 radical (unpaired) electrons. The normalized spacial score (nSPS) is 19.0. The van der Waals surface area contributed by atoms with Crippen molar-refractivity contribution in [3.05, 3.63) is 76.9 Å². The van der Waals surface area contributed by atoms with E-state index < -0.39 is 55.3 Å². The van der Waals surface area contributed by atoms with Gasteiger partial charge < -0.3 is 19.2 Å². The van der Waals surface area contributed by atoms with Gasteiger partial charge in [0, 0.05) is 17.7 Å². The average molecular weight is 580 g/mol. The zero-order chi connectivity index (χ0) is 28.6. The summed E-state index contributed by atoms with van der Waals surface area (Å²) >= 11 is 0. The highest BCUT2D eigenvalue weighted by atomic mass is 32.2. The first-order valence-corrected chi connectivity index (χ1v) is 12.9. The molecule has 0 fully saturated rings. The monoisotopic (exact) mass is 580 g/mol. The Balaban J connectivity index is 0.000000436. The summed E-state index contributed by atoms with van der Waals surface area (Å²) in [6.07, 6.45) is -1.31. The Bertz CT molecular complexity index is 1440. The molecule has 0 saturated heterocycles. The first kappa shape index (κ1) is 29.2. The minimum absolute atomic E-state index is 0.0287.